The third kappa shape index (κ3) is 3.73. The van der Waals surface area contributed by atoms with Crippen LogP contribution >= 0.6 is 0 Å². The molecule has 154 valence electrons. The first-order chi connectivity index (χ1) is 15.0. The molecule has 0 unspecified atom stereocenters. The van der Waals surface area contributed by atoms with Crippen molar-refractivity contribution in [3.8, 4) is 0 Å². The van der Waals surface area contributed by atoms with E-state index in [1.807, 2.05) is 48.5 Å². The van der Waals surface area contributed by atoms with E-state index in [1.54, 1.807) is 0 Å². The summed E-state index contributed by atoms with van der Waals surface area (Å²) in [6.07, 6.45) is -4.39. The van der Waals surface area contributed by atoms with Gasteiger partial charge in [-0.05, 0) is 48.5 Å². The highest BCUT2D eigenvalue weighted by Gasteiger charge is 2.30. The first kappa shape index (κ1) is 18.9. The molecule has 0 aliphatic rings. The van der Waals surface area contributed by atoms with E-state index in [0.717, 1.165) is 28.4 Å². The fraction of sp³-hybridized carbons (Fsp3) is 0.0455. The van der Waals surface area contributed by atoms with E-state index in [2.05, 4.69) is 30.8 Å². The molecule has 9 heteroatoms. The fourth-order valence-corrected chi connectivity index (χ4v) is 3.27. The molecule has 2 heterocycles. The number of hydrogen-bond donors (Lipinski definition) is 3. The van der Waals surface area contributed by atoms with Gasteiger partial charge in [-0.25, -0.2) is 4.98 Å². The molecule has 0 aliphatic heterocycles. The monoisotopic (exact) mass is 420 g/mol. The van der Waals surface area contributed by atoms with Gasteiger partial charge in [0.15, 0.2) is 5.82 Å². The second-order valence-corrected chi connectivity index (χ2v) is 6.86. The van der Waals surface area contributed by atoms with Crippen LogP contribution in [0.4, 0.5) is 36.4 Å². The summed E-state index contributed by atoms with van der Waals surface area (Å²) in [4.78, 5) is 9.02. The molecule has 0 radical (unpaired) electrons. The molecule has 5 aromatic rings. The minimum atomic E-state index is -4.39. The molecule has 6 nitrogen and oxygen atoms in total. The predicted molar refractivity (Wildman–Crippen MR) is 114 cm³/mol. The Hall–Kier alpha value is -4.14. The van der Waals surface area contributed by atoms with Gasteiger partial charge in [0.05, 0.1) is 16.6 Å². The average Bonchev–Trinajstić information content (AvgIpc) is 3.16. The van der Waals surface area contributed by atoms with Crippen molar-refractivity contribution >= 4 is 45.1 Å². The van der Waals surface area contributed by atoms with Crippen LogP contribution in [0.3, 0.4) is 0 Å². The van der Waals surface area contributed by atoms with Crippen LogP contribution in [0.15, 0.2) is 72.8 Å². The molecule has 3 aromatic carbocycles. The van der Waals surface area contributed by atoms with Crippen molar-refractivity contribution < 1.29 is 13.2 Å². The van der Waals surface area contributed by atoms with Crippen LogP contribution in [0.5, 0.6) is 0 Å². The zero-order valence-electron chi connectivity index (χ0n) is 15.9. The summed E-state index contributed by atoms with van der Waals surface area (Å²) in [7, 11) is 0. The number of nitrogens with zero attached hydrogens (tertiary/aromatic N) is 3. The van der Waals surface area contributed by atoms with Gasteiger partial charge in [-0.3, -0.25) is 5.10 Å². The number of anilines is 4. The van der Waals surface area contributed by atoms with E-state index in [0.29, 0.717) is 22.8 Å². The van der Waals surface area contributed by atoms with Crippen LogP contribution in [0, 0.1) is 0 Å². The quantitative estimate of drug-likeness (QED) is 0.332. The van der Waals surface area contributed by atoms with Gasteiger partial charge < -0.3 is 10.6 Å². The van der Waals surface area contributed by atoms with E-state index >= 15 is 0 Å². The number of aromatic amines is 1. The molecule has 0 saturated carbocycles. The number of rotatable bonds is 4. The Labute approximate surface area is 174 Å². The molecule has 0 spiro atoms. The Morgan fingerprint density at radius 2 is 1.42 bits per heavy atom. The number of hydrogen-bond acceptors (Lipinski definition) is 5. The van der Waals surface area contributed by atoms with Crippen LogP contribution in [0.25, 0.3) is 21.8 Å². The summed E-state index contributed by atoms with van der Waals surface area (Å²) in [5, 5.41) is 15.2. The third-order valence-electron chi connectivity index (χ3n) is 4.78. The van der Waals surface area contributed by atoms with Gasteiger partial charge in [-0.1, -0.05) is 24.3 Å². The van der Waals surface area contributed by atoms with E-state index < -0.39 is 11.7 Å². The van der Waals surface area contributed by atoms with Gasteiger partial charge in [0, 0.05) is 16.5 Å². The second-order valence-electron chi connectivity index (χ2n) is 6.86. The van der Waals surface area contributed by atoms with Gasteiger partial charge in [0.1, 0.15) is 5.82 Å². The Morgan fingerprint density at radius 1 is 0.710 bits per heavy atom. The van der Waals surface area contributed by atoms with Crippen LogP contribution in [0.2, 0.25) is 0 Å². The summed E-state index contributed by atoms with van der Waals surface area (Å²) in [6, 6.07) is 19.8. The zero-order chi connectivity index (χ0) is 21.4. The van der Waals surface area contributed by atoms with Gasteiger partial charge in [-0.2, -0.15) is 23.3 Å². The summed E-state index contributed by atoms with van der Waals surface area (Å²) in [6.45, 7) is 0. The number of nitrogens with one attached hydrogen (secondary N) is 3. The van der Waals surface area contributed by atoms with Gasteiger partial charge in [0.25, 0.3) is 0 Å². The number of benzene rings is 3. The molecular weight excluding hydrogens is 405 g/mol. The van der Waals surface area contributed by atoms with Crippen LogP contribution in [-0.2, 0) is 6.18 Å². The van der Waals surface area contributed by atoms with Crippen molar-refractivity contribution in [2.24, 2.45) is 0 Å². The van der Waals surface area contributed by atoms with Crippen molar-refractivity contribution in [3.63, 3.8) is 0 Å². The van der Waals surface area contributed by atoms with Gasteiger partial charge in [0.2, 0.25) is 5.95 Å². The minimum absolute atomic E-state index is 0.251. The Balaban J connectivity index is 1.51. The number of para-hydroxylation sites is 2. The summed E-state index contributed by atoms with van der Waals surface area (Å²) >= 11 is 0. The molecule has 0 bridgehead atoms. The van der Waals surface area contributed by atoms with E-state index in [9.17, 15) is 13.2 Å². The number of fused-ring (bicyclic) bond motifs is 2. The maximum atomic E-state index is 12.8. The summed E-state index contributed by atoms with van der Waals surface area (Å²) in [5.74, 6) is 1.39. The van der Waals surface area contributed by atoms with Crippen LogP contribution < -0.4 is 10.6 Å². The maximum absolute atomic E-state index is 12.8. The zero-order valence-corrected chi connectivity index (χ0v) is 15.9. The van der Waals surface area contributed by atoms with Crippen molar-refractivity contribution in [1.29, 1.82) is 0 Å². The molecule has 5 rings (SSSR count). The third-order valence-corrected chi connectivity index (χ3v) is 4.78. The second kappa shape index (κ2) is 7.28. The minimum Gasteiger partial charge on any atom is -0.324 e. The topological polar surface area (TPSA) is 78.5 Å². The Morgan fingerprint density at radius 3 is 2.19 bits per heavy atom. The number of H-pyrrole nitrogens is 1. The van der Waals surface area contributed by atoms with Crippen molar-refractivity contribution in [2.75, 3.05) is 10.6 Å². The Kier molecular flexibility index (Phi) is 4.43. The van der Waals surface area contributed by atoms with Crippen molar-refractivity contribution in [3.05, 3.63) is 78.4 Å². The van der Waals surface area contributed by atoms with E-state index in [1.165, 1.54) is 12.1 Å². The normalized spacial score (nSPS) is 11.7. The highest BCUT2D eigenvalue weighted by Crippen LogP contribution is 2.31. The number of halogens is 3. The highest BCUT2D eigenvalue weighted by atomic mass is 19.4. The molecule has 0 saturated heterocycles. The largest absolute Gasteiger partial charge is 0.416 e. The molecule has 3 N–H and O–H groups in total. The predicted octanol–water partition coefficient (Wildman–Crippen LogP) is 6.01. The number of aromatic nitrogens is 4. The van der Waals surface area contributed by atoms with E-state index in [4.69, 9.17) is 0 Å². The molecule has 0 amide bonds. The molecular formula is C22H15F3N6. The molecule has 31 heavy (non-hydrogen) atoms. The number of alkyl halides is 3. The lowest BCUT2D eigenvalue weighted by Crippen LogP contribution is -2.05. The maximum Gasteiger partial charge on any atom is 0.416 e. The van der Waals surface area contributed by atoms with Gasteiger partial charge >= 0.3 is 6.18 Å². The molecule has 0 atom stereocenters. The first-order valence-electron chi connectivity index (χ1n) is 9.38. The molecule has 2 aromatic heterocycles. The lowest BCUT2D eigenvalue weighted by Gasteiger charge is -2.12. The van der Waals surface area contributed by atoms with Crippen molar-refractivity contribution in [2.45, 2.75) is 6.18 Å². The fourth-order valence-electron chi connectivity index (χ4n) is 3.27. The van der Waals surface area contributed by atoms with Gasteiger partial charge in [-0.15, -0.1) is 0 Å². The average molecular weight is 420 g/mol. The molecule has 0 aliphatic carbocycles. The van der Waals surface area contributed by atoms with E-state index in [-0.39, 0.29) is 5.95 Å². The lowest BCUT2D eigenvalue weighted by molar-refractivity contribution is -0.137. The van der Waals surface area contributed by atoms with Crippen molar-refractivity contribution in [1.82, 2.24) is 20.2 Å². The standard InChI is InChI=1S/C22H15F3N6/c23-22(24,25)13-9-11-14(12-10-13)26-21-27-17-7-3-1-5-15(17)19(29-21)28-20-16-6-2-4-8-18(16)30-31-20/h1-12H,(H3,26,27,28,29,30,31). The highest BCUT2D eigenvalue weighted by molar-refractivity contribution is 5.96. The van der Waals surface area contributed by atoms with Crippen LogP contribution in [0.1, 0.15) is 5.56 Å². The lowest BCUT2D eigenvalue weighted by atomic mass is 10.2. The summed E-state index contributed by atoms with van der Waals surface area (Å²) in [5.41, 5.74) is 1.28. The molecule has 0 fully saturated rings. The summed E-state index contributed by atoms with van der Waals surface area (Å²) < 4.78 is 38.4. The first-order valence-corrected chi connectivity index (χ1v) is 9.38. The SMILES string of the molecule is FC(F)(F)c1ccc(Nc2nc(Nc3n[nH]c4ccccc34)c3ccccc3n2)cc1. The van der Waals surface area contributed by atoms with Crippen LogP contribution in [-0.4, -0.2) is 20.2 Å². The Bertz CT molecular complexity index is 1380. The smallest absolute Gasteiger partial charge is 0.324 e.